The van der Waals surface area contributed by atoms with Crippen molar-refractivity contribution in [2.24, 2.45) is 0 Å². The highest BCUT2D eigenvalue weighted by atomic mass is 16.4. The highest BCUT2D eigenvalue weighted by Crippen LogP contribution is 2.09. The highest BCUT2D eigenvalue weighted by Gasteiger charge is 2.23. The summed E-state index contributed by atoms with van der Waals surface area (Å²) in [4.78, 5) is 40.3. The lowest BCUT2D eigenvalue weighted by molar-refractivity contribution is -0.147. The Balaban J connectivity index is 1.69. The van der Waals surface area contributed by atoms with Crippen LogP contribution in [0.5, 0.6) is 0 Å². The van der Waals surface area contributed by atoms with E-state index in [1.165, 1.54) is 9.80 Å². The van der Waals surface area contributed by atoms with Crippen LogP contribution >= 0.6 is 0 Å². The lowest BCUT2D eigenvalue weighted by Crippen LogP contribution is -2.46. The van der Waals surface area contributed by atoms with Crippen molar-refractivity contribution >= 4 is 17.8 Å². The molecule has 2 N–H and O–H groups in total. The molecule has 0 saturated heterocycles. The minimum Gasteiger partial charge on any atom is -0.480 e. The van der Waals surface area contributed by atoms with E-state index in [2.05, 4.69) is 5.32 Å². The van der Waals surface area contributed by atoms with Gasteiger partial charge in [0, 0.05) is 19.6 Å². The van der Waals surface area contributed by atoms with E-state index in [4.69, 9.17) is 0 Å². The van der Waals surface area contributed by atoms with E-state index in [1.807, 2.05) is 91.0 Å². The Labute approximate surface area is 199 Å². The van der Waals surface area contributed by atoms with Crippen molar-refractivity contribution in [3.63, 3.8) is 0 Å². The van der Waals surface area contributed by atoms with E-state index in [-0.39, 0.29) is 32.1 Å². The Morgan fingerprint density at radius 1 is 0.618 bits per heavy atom. The number of carboxylic acids is 1. The number of hydrogen-bond donors (Lipinski definition) is 2. The Hall–Kier alpha value is -3.97. The summed E-state index contributed by atoms with van der Waals surface area (Å²) < 4.78 is 0. The molecule has 0 bridgehead atoms. The van der Waals surface area contributed by atoms with E-state index < -0.39 is 18.4 Å². The van der Waals surface area contributed by atoms with Gasteiger partial charge in [-0.1, -0.05) is 91.0 Å². The molecule has 0 aliphatic carbocycles. The predicted octanol–water partition coefficient (Wildman–Crippen LogP) is 2.92. The molecule has 2 amide bonds. The number of benzene rings is 3. The van der Waals surface area contributed by atoms with Crippen LogP contribution in [0, 0.1) is 0 Å². The number of rotatable bonds is 12. The number of amides is 2. The van der Waals surface area contributed by atoms with Gasteiger partial charge in [-0.05, 0) is 16.7 Å². The third kappa shape index (κ3) is 8.18. The van der Waals surface area contributed by atoms with Crippen LogP contribution in [-0.4, -0.2) is 52.3 Å². The zero-order valence-electron chi connectivity index (χ0n) is 19.0. The van der Waals surface area contributed by atoms with E-state index >= 15 is 0 Å². The number of hydrogen-bond acceptors (Lipinski definition) is 4. The van der Waals surface area contributed by atoms with Gasteiger partial charge < -0.3 is 20.2 Å². The topological polar surface area (TPSA) is 90.0 Å². The lowest BCUT2D eigenvalue weighted by atomic mass is 10.2. The maximum atomic E-state index is 13.1. The molecule has 0 heterocycles. The number of nitrogens with one attached hydrogen (secondary N) is 1. The smallest absolute Gasteiger partial charge is 0.323 e. The van der Waals surface area contributed by atoms with E-state index in [1.54, 1.807) is 0 Å². The molecule has 0 atom stereocenters. The molecule has 0 aliphatic heterocycles. The van der Waals surface area contributed by atoms with Gasteiger partial charge in [0.15, 0.2) is 0 Å². The first-order chi connectivity index (χ1) is 16.5. The van der Waals surface area contributed by atoms with Crippen molar-refractivity contribution in [2.75, 3.05) is 19.6 Å². The fourth-order valence-corrected chi connectivity index (χ4v) is 3.52. The molecular weight excluding hydrogens is 430 g/mol. The van der Waals surface area contributed by atoms with Crippen molar-refractivity contribution in [1.82, 2.24) is 15.1 Å². The summed E-state index contributed by atoms with van der Waals surface area (Å²) in [5.41, 5.74) is 2.76. The van der Waals surface area contributed by atoms with Crippen molar-refractivity contribution in [3.05, 3.63) is 108 Å². The van der Waals surface area contributed by atoms with Gasteiger partial charge in [-0.15, -0.1) is 0 Å². The second kappa shape index (κ2) is 12.9. The number of carboxylic acid groups (broad SMARTS) is 1. The predicted molar refractivity (Wildman–Crippen MR) is 130 cm³/mol. The van der Waals surface area contributed by atoms with Gasteiger partial charge in [0.1, 0.15) is 13.1 Å². The third-order valence-corrected chi connectivity index (χ3v) is 5.24. The summed E-state index contributed by atoms with van der Waals surface area (Å²) in [6, 6.07) is 28.3. The summed E-state index contributed by atoms with van der Waals surface area (Å²) in [7, 11) is 0. The van der Waals surface area contributed by atoms with Gasteiger partial charge in [-0.25, -0.2) is 0 Å². The van der Waals surface area contributed by atoms with Crippen molar-refractivity contribution in [3.8, 4) is 0 Å². The monoisotopic (exact) mass is 459 g/mol. The number of nitrogens with zero attached hydrogens (tertiary/aromatic N) is 2. The van der Waals surface area contributed by atoms with Crippen LogP contribution in [-0.2, 0) is 34.0 Å². The van der Waals surface area contributed by atoms with Gasteiger partial charge >= 0.3 is 5.97 Å². The van der Waals surface area contributed by atoms with Crippen LogP contribution in [0.1, 0.15) is 16.7 Å². The van der Waals surface area contributed by atoms with Gasteiger partial charge in [0.05, 0.1) is 6.54 Å². The first kappa shape index (κ1) is 24.7. The van der Waals surface area contributed by atoms with E-state index in [0.717, 1.165) is 16.7 Å². The van der Waals surface area contributed by atoms with Crippen molar-refractivity contribution in [2.45, 2.75) is 19.6 Å². The van der Waals surface area contributed by atoms with Crippen molar-refractivity contribution in [1.29, 1.82) is 0 Å². The Bertz CT molecular complexity index is 1060. The summed E-state index contributed by atoms with van der Waals surface area (Å²) in [5.74, 6) is -1.75. The number of aliphatic carboxylic acids is 1. The highest BCUT2D eigenvalue weighted by molar-refractivity contribution is 5.87. The Kier molecular flexibility index (Phi) is 9.37. The van der Waals surface area contributed by atoms with Crippen molar-refractivity contribution < 1.29 is 19.5 Å². The summed E-state index contributed by atoms with van der Waals surface area (Å²) in [6.07, 6.45) is 0. The molecule has 0 fully saturated rings. The minimum atomic E-state index is -1.10. The normalized spacial score (nSPS) is 10.5. The third-order valence-electron chi connectivity index (χ3n) is 5.24. The van der Waals surface area contributed by atoms with Crippen LogP contribution < -0.4 is 5.32 Å². The number of carbonyl (C=O) groups is 3. The molecular formula is C27H29N3O4. The average Bonchev–Trinajstić information content (AvgIpc) is 2.85. The fourth-order valence-electron chi connectivity index (χ4n) is 3.52. The molecule has 0 saturated carbocycles. The summed E-state index contributed by atoms with van der Waals surface area (Å²) in [6.45, 7) is 0.357. The molecule has 3 rings (SSSR count). The average molecular weight is 460 g/mol. The standard InChI is InChI=1S/C27H29N3O4/c31-25(17-28-16-22-10-4-1-5-11-22)29(18-23-12-6-2-7-13-23)20-26(32)30(21-27(33)34)19-24-14-8-3-9-15-24/h1-15,28H,16-21H2,(H,33,34). The second-order valence-electron chi connectivity index (χ2n) is 7.95. The lowest BCUT2D eigenvalue weighted by Gasteiger charge is -2.27. The Morgan fingerprint density at radius 2 is 1.06 bits per heavy atom. The molecule has 0 aromatic heterocycles. The van der Waals surface area contributed by atoms with Crippen LogP contribution in [0.15, 0.2) is 91.0 Å². The van der Waals surface area contributed by atoms with Crippen LogP contribution in [0.25, 0.3) is 0 Å². The SMILES string of the molecule is O=C(O)CN(Cc1ccccc1)C(=O)CN(Cc1ccccc1)C(=O)CNCc1ccccc1. The molecule has 3 aromatic carbocycles. The first-order valence-corrected chi connectivity index (χ1v) is 11.1. The van der Waals surface area contributed by atoms with E-state index in [9.17, 15) is 19.5 Å². The zero-order chi connectivity index (χ0) is 24.2. The molecule has 7 nitrogen and oxygen atoms in total. The minimum absolute atomic E-state index is 0.0621. The van der Waals surface area contributed by atoms with Crippen LogP contribution in [0.4, 0.5) is 0 Å². The zero-order valence-corrected chi connectivity index (χ0v) is 19.0. The molecule has 0 unspecified atom stereocenters. The molecule has 176 valence electrons. The quantitative estimate of drug-likeness (QED) is 0.435. The molecule has 0 aliphatic rings. The molecule has 0 radical (unpaired) electrons. The molecule has 7 heteroatoms. The summed E-state index contributed by atoms with van der Waals surface area (Å²) in [5, 5.41) is 12.5. The van der Waals surface area contributed by atoms with Crippen LogP contribution in [0.2, 0.25) is 0 Å². The largest absolute Gasteiger partial charge is 0.480 e. The molecule has 0 spiro atoms. The second-order valence-corrected chi connectivity index (χ2v) is 7.95. The Morgan fingerprint density at radius 3 is 1.53 bits per heavy atom. The maximum Gasteiger partial charge on any atom is 0.323 e. The van der Waals surface area contributed by atoms with E-state index in [0.29, 0.717) is 6.54 Å². The maximum absolute atomic E-state index is 13.1. The summed E-state index contributed by atoms with van der Waals surface area (Å²) >= 11 is 0. The van der Waals surface area contributed by atoms with Gasteiger partial charge in [-0.3, -0.25) is 14.4 Å². The number of carbonyl (C=O) groups excluding carboxylic acids is 2. The van der Waals surface area contributed by atoms with Crippen LogP contribution in [0.3, 0.4) is 0 Å². The van der Waals surface area contributed by atoms with Gasteiger partial charge in [0.25, 0.3) is 0 Å². The molecule has 34 heavy (non-hydrogen) atoms. The fraction of sp³-hybridized carbons (Fsp3) is 0.222. The first-order valence-electron chi connectivity index (χ1n) is 11.1. The van der Waals surface area contributed by atoms with Gasteiger partial charge in [0.2, 0.25) is 11.8 Å². The molecule has 3 aromatic rings. The van der Waals surface area contributed by atoms with Gasteiger partial charge in [-0.2, -0.15) is 0 Å².